The van der Waals surface area contributed by atoms with E-state index in [0.717, 1.165) is 51.2 Å². The van der Waals surface area contributed by atoms with Gasteiger partial charge in [0.1, 0.15) is 12.7 Å². The maximum Gasteiger partial charge on any atom is 0.422 e. The fourth-order valence-corrected chi connectivity index (χ4v) is 5.65. The average molecular weight is 541 g/mol. The highest BCUT2D eigenvalue weighted by atomic mass is 19.4. The van der Waals surface area contributed by atoms with Crippen LogP contribution in [0.5, 0.6) is 0 Å². The molecule has 1 amide bonds. The molecule has 37 heavy (non-hydrogen) atoms. The Balaban J connectivity index is 0.000000695. The Morgan fingerprint density at radius 2 is 1.86 bits per heavy atom. The predicted molar refractivity (Wildman–Crippen MR) is 122 cm³/mol. The normalized spacial score (nSPS) is 26.4. The lowest BCUT2D eigenvalue weighted by molar-refractivity contribution is -0.891. The van der Waals surface area contributed by atoms with Gasteiger partial charge in [0, 0.05) is 48.4 Å². The van der Waals surface area contributed by atoms with Crippen molar-refractivity contribution in [1.82, 2.24) is 9.80 Å². The summed E-state index contributed by atoms with van der Waals surface area (Å²) in [6.45, 7) is 4.64. The lowest BCUT2D eigenvalue weighted by atomic mass is 9.94. The Morgan fingerprint density at radius 1 is 1.19 bits per heavy atom. The number of hydrogen-bond donors (Lipinski definition) is 0. The minimum atomic E-state index is -4.47. The van der Waals surface area contributed by atoms with Gasteiger partial charge in [-0.1, -0.05) is 6.92 Å². The number of alkyl halides is 6. The molecule has 0 radical (unpaired) electrons. The van der Waals surface area contributed by atoms with E-state index in [1.807, 2.05) is 0 Å². The molecule has 1 aliphatic carbocycles. The van der Waals surface area contributed by atoms with Crippen molar-refractivity contribution in [3.8, 4) is 0 Å². The van der Waals surface area contributed by atoms with Gasteiger partial charge in [0.05, 0.1) is 19.6 Å². The zero-order valence-electron chi connectivity index (χ0n) is 21.7. The van der Waals surface area contributed by atoms with Crippen LogP contribution < -0.4 is 9.57 Å². The summed E-state index contributed by atoms with van der Waals surface area (Å²) >= 11 is 0. The summed E-state index contributed by atoms with van der Waals surface area (Å²) in [6, 6.07) is 1.98. The summed E-state index contributed by atoms with van der Waals surface area (Å²) in [5.74, 6) is 0.463. The van der Waals surface area contributed by atoms with Crippen LogP contribution in [0.2, 0.25) is 0 Å². The number of amides is 1. The van der Waals surface area contributed by atoms with Crippen molar-refractivity contribution >= 4 is 5.91 Å². The van der Waals surface area contributed by atoms with Gasteiger partial charge in [0.15, 0.2) is 0 Å². The van der Waals surface area contributed by atoms with Crippen molar-refractivity contribution in [2.45, 2.75) is 76.9 Å². The van der Waals surface area contributed by atoms with Crippen molar-refractivity contribution in [3.63, 3.8) is 0 Å². The molecule has 0 N–H and O–H groups in total. The Morgan fingerprint density at radius 3 is 2.46 bits per heavy atom. The Labute approximate surface area is 213 Å². The Hall–Kier alpha value is -2.08. The van der Waals surface area contributed by atoms with Crippen molar-refractivity contribution in [2.75, 3.05) is 33.9 Å². The van der Waals surface area contributed by atoms with Crippen LogP contribution in [0.3, 0.4) is 0 Å². The predicted octanol–water partition coefficient (Wildman–Crippen LogP) is 4.03. The third-order valence-electron chi connectivity index (χ3n) is 7.49. The van der Waals surface area contributed by atoms with Gasteiger partial charge in [-0.15, -0.1) is 0 Å². The molecule has 4 rings (SSSR count). The van der Waals surface area contributed by atoms with Crippen molar-refractivity contribution < 1.29 is 45.4 Å². The molecule has 4 unspecified atom stereocenters. The fraction of sp³-hybridized carbons (Fsp3) is 0.760. The first-order valence-electron chi connectivity index (χ1n) is 12.5. The summed E-state index contributed by atoms with van der Waals surface area (Å²) in [5.41, 5.74) is 0.437. The van der Waals surface area contributed by atoms with Gasteiger partial charge in [-0.25, -0.2) is 0 Å². The number of carbonyl (C=O) groups is 1. The molecular formula is C25H36F6N3O3+. The lowest BCUT2D eigenvalue weighted by Crippen LogP contribution is -2.50. The van der Waals surface area contributed by atoms with Gasteiger partial charge in [-0.05, 0) is 44.7 Å². The van der Waals surface area contributed by atoms with E-state index in [2.05, 4.69) is 18.9 Å². The second-order valence-corrected chi connectivity index (χ2v) is 10.2. The number of hydrogen-bond acceptors (Lipinski definition) is 4. The Bertz CT molecular complexity index is 933. The Kier molecular flexibility index (Phi) is 9.36. The summed E-state index contributed by atoms with van der Waals surface area (Å²) < 4.78 is 77.8. The van der Waals surface area contributed by atoms with Crippen LogP contribution in [0.15, 0.2) is 12.3 Å². The van der Waals surface area contributed by atoms with Crippen molar-refractivity contribution in [1.29, 1.82) is 0 Å². The minimum absolute atomic E-state index is 0.0629. The molecule has 6 nitrogen and oxygen atoms in total. The van der Waals surface area contributed by atoms with Gasteiger partial charge >= 0.3 is 12.4 Å². The quantitative estimate of drug-likeness (QED) is 0.428. The number of nitrogens with zero attached hydrogens (tertiary/aromatic N) is 3. The highest BCUT2D eigenvalue weighted by Gasteiger charge is 2.41. The van der Waals surface area contributed by atoms with Gasteiger partial charge in [-0.2, -0.15) is 26.3 Å². The number of aromatic nitrogens is 1. The largest absolute Gasteiger partial charge is 0.422 e. The van der Waals surface area contributed by atoms with E-state index in [4.69, 9.17) is 9.57 Å². The molecule has 1 saturated heterocycles. The van der Waals surface area contributed by atoms with E-state index in [9.17, 15) is 31.1 Å². The summed E-state index contributed by atoms with van der Waals surface area (Å²) in [6.07, 6.45) is -3.39. The van der Waals surface area contributed by atoms with Crippen molar-refractivity contribution in [3.05, 3.63) is 29.1 Å². The zero-order valence-corrected chi connectivity index (χ0v) is 21.7. The van der Waals surface area contributed by atoms with Crippen LogP contribution in [-0.4, -0.2) is 67.9 Å². The maximum absolute atomic E-state index is 13.3. The molecule has 0 spiro atoms. The molecule has 0 bridgehead atoms. The highest BCUT2D eigenvalue weighted by molar-refractivity contribution is 5.79. The van der Waals surface area contributed by atoms with E-state index >= 15 is 0 Å². The van der Waals surface area contributed by atoms with E-state index in [1.165, 1.54) is 11.8 Å². The first-order chi connectivity index (χ1) is 17.2. The van der Waals surface area contributed by atoms with E-state index < -0.39 is 17.9 Å². The molecule has 3 aliphatic rings. The minimum Gasteiger partial charge on any atom is -0.381 e. The molecule has 0 aromatic carbocycles. The molecule has 2 fully saturated rings. The molecule has 1 aromatic rings. The van der Waals surface area contributed by atoms with Gasteiger partial charge in [0.2, 0.25) is 17.8 Å². The summed E-state index contributed by atoms with van der Waals surface area (Å²) in [7, 11) is 3.51. The highest BCUT2D eigenvalue weighted by Crippen LogP contribution is 2.35. The number of fused-ring (bicyclic) bond motifs is 1. The third-order valence-corrected chi connectivity index (χ3v) is 7.49. The van der Waals surface area contributed by atoms with E-state index in [1.54, 1.807) is 4.90 Å². The molecule has 12 heteroatoms. The van der Waals surface area contributed by atoms with Crippen LogP contribution in [0.4, 0.5) is 26.3 Å². The summed E-state index contributed by atoms with van der Waals surface area (Å²) in [4.78, 5) is 22.6. The number of halogens is 6. The lowest BCUT2D eigenvalue weighted by Gasteiger charge is -2.39. The second-order valence-electron chi connectivity index (χ2n) is 10.2. The molecular weight excluding hydrogens is 504 g/mol. The van der Waals surface area contributed by atoms with E-state index in [0.29, 0.717) is 42.2 Å². The first kappa shape index (κ1) is 29.5. The standard InChI is InChI=1S/C23H33F3N3O3.C2H3F3/c1-15-14-32-9-7-20(15)27(2)19-5-4-16(11-19)22(30)28-8-6-21-17(12-28)10-18(23(24,25)26)13-29(21)31-3;1-2(3,4)5/h10,13,15-16,19-20H,4-9,11-12,14H2,1-3H3;1H3/q+1;. The number of pyridine rings is 1. The van der Waals surface area contributed by atoms with Crippen LogP contribution >= 0.6 is 0 Å². The molecule has 1 saturated carbocycles. The van der Waals surface area contributed by atoms with E-state index in [-0.39, 0.29) is 25.3 Å². The van der Waals surface area contributed by atoms with Crippen molar-refractivity contribution in [2.24, 2.45) is 11.8 Å². The number of rotatable bonds is 4. The average Bonchev–Trinajstić information content (AvgIpc) is 3.31. The molecule has 3 heterocycles. The van der Waals surface area contributed by atoms with Crippen LogP contribution in [-0.2, 0) is 28.7 Å². The smallest absolute Gasteiger partial charge is 0.381 e. The number of carbonyl (C=O) groups excluding carboxylic acids is 1. The second kappa shape index (κ2) is 11.8. The van der Waals surface area contributed by atoms with Crippen LogP contribution in [0, 0.1) is 11.8 Å². The van der Waals surface area contributed by atoms with Gasteiger partial charge < -0.3 is 14.5 Å². The summed E-state index contributed by atoms with van der Waals surface area (Å²) in [5, 5.41) is 0. The van der Waals surface area contributed by atoms with Crippen LogP contribution in [0.1, 0.15) is 56.4 Å². The SMILES string of the molecule is CC(F)(F)F.CO[n+]1cc(C(F)(F)F)cc2c1CCN(C(=O)C1CCC(N(C)C3CCOCC3C)C1)C2. The zero-order chi connectivity index (χ0) is 27.5. The maximum atomic E-state index is 13.3. The topological polar surface area (TPSA) is 45.9 Å². The van der Waals surface area contributed by atoms with Gasteiger partial charge in [0.25, 0.3) is 0 Å². The molecule has 2 aliphatic heterocycles. The first-order valence-corrected chi connectivity index (χ1v) is 12.5. The van der Waals surface area contributed by atoms with Crippen LogP contribution in [0.25, 0.3) is 0 Å². The third kappa shape index (κ3) is 7.72. The molecule has 4 atom stereocenters. The fourth-order valence-electron chi connectivity index (χ4n) is 5.65. The van der Waals surface area contributed by atoms with Gasteiger partial charge in [-0.3, -0.25) is 9.63 Å². The number of ether oxygens (including phenoxy) is 1. The monoisotopic (exact) mass is 540 g/mol. The molecule has 210 valence electrons. The molecule has 1 aromatic heterocycles.